The zero-order valence-corrected chi connectivity index (χ0v) is 30.2. The number of hydrogen-bond acceptors (Lipinski definition) is 4. The quantitative estimate of drug-likeness (QED) is 0.0429. The number of esters is 1. The van der Waals surface area contributed by atoms with Crippen molar-refractivity contribution in [3.05, 3.63) is 0 Å². The minimum atomic E-state index is -0.0669. The lowest BCUT2D eigenvalue weighted by molar-refractivity contribution is -0.144. The lowest BCUT2D eigenvalue weighted by atomic mass is 10.0. The molecule has 5 heteroatoms. The number of hydrogen-bond donors (Lipinski definition) is 1. The molecule has 0 bridgehead atoms. The van der Waals surface area contributed by atoms with Gasteiger partial charge in [0.1, 0.15) is 6.42 Å². The van der Waals surface area contributed by atoms with Gasteiger partial charge in [-0.15, -0.1) is 0 Å². The van der Waals surface area contributed by atoms with Gasteiger partial charge in [0.25, 0.3) is 0 Å². The predicted molar refractivity (Wildman–Crippen MR) is 191 cm³/mol. The molecule has 0 aromatic heterocycles. The first-order valence-electron chi connectivity index (χ1n) is 19.7. The summed E-state index contributed by atoms with van der Waals surface area (Å²) in [5.41, 5.74) is 0. The van der Waals surface area contributed by atoms with Gasteiger partial charge in [-0.1, -0.05) is 174 Å². The van der Waals surface area contributed by atoms with Crippen LogP contribution in [0.4, 0.5) is 0 Å². The summed E-state index contributed by atoms with van der Waals surface area (Å²) in [4.78, 5) is 26.3. The Hall–Kier alpha value is -1.10. The SMILES string of the molecule is CCCCCCCCCCCCCCCCCCNC(=O)CCCN(C)CCOC(=[O+])CCCCCCCCCCCCC. The number of nitrogens with one attached hydrogen (secondary N) is 1. The van der Waals surface area contributed by atoms with Crippen LogP contribution in [0.25, 0.3) is 0 Å². The van der Waals surface area contributed by atoms with Crippen molar-refractivity contribution in [2.75, 3.05) is 33.3 Å². The minimum absolute atomic E-state index is 0.0669. The molecule has 1 radical (unpaired) electrons. The highest BCUT2D eigenvalue weighted by Gasteiger charge is 2.16. The van der Waals surface area contributed by atoms with E-state index in [2.05, 4.69) is 24.1 Å². The van der Waals surface area contributed by atoms with Crippen LogP contribution >= 0.6 is 0 Å². The van der Waals surface area contributed by atoms with Crippen LogP contribution in [-0.4, -0.2) is 50.1 Å². The molecule has 0 unspecified atom stereocenters. The number of rotatable bonds is 36. The van der Waals surface area contributed by atoms with E-state index in [0.717, 1.165) is 45.3 Å². The molecular weight excluding hydrogens is 544 g/mol. The van der Waals surface area contributed by atoms with Gasteiger partial charge in [0.15, 0.2) is 6.61 Å². The number of nitrogens with zero attached hydrogens (tertiary/aromatic N) is 1. The molecule has 44 heavy (non-hydrogen) atoms. The van der Waals surface area contributed by atoms with Crippen LogP contribution < -0.4 is 5.32 Å². The Morgan fingerprint density at radius 2 is 0.909 bits per heavy atom. The van der Waals surface area contributed by atoms with E-state index in [1.165, 1.54) is 154 Å². The first kappa shape index (κ1) is 42.9. The molecule has 5 nitrogen and oxygen atoms in total. The minimum Gasteiger partial charge on any atom is -0.356 e. The number of unbranched alkanes of at least 4 members (excludes halogenated alkanes) is 25. The van der Waals surface area contributed by atoms with Crippen LogP contribution in [0.5, 0.6) is 0 Å². The van der Waals surface area contributed by atoms with Gasteiger partial charge in [0.2, 0.25) is 5.91 Å². The first-order valence-corrected chi connectivity index (χ1v) is 19.7. The summed E-state index contributed by atoms with van der Waals surface area (Å²) in [6.45, 7) is 7.38. The largest absolute Gasteiger partial charge is 0.574 e. The Labute approximate surface area is 275 Å². The van der Waals surface area contributed by atoms with E-state index in [9.17, 15) is 9.59 Å². The molecule has 0 aliphatic carbocycles. The average Bonchev–Trinajstić information content (AvgIpc) is 3.01. The van der Waals surface area contributed by atoms with Crippen LogP contribution in [-0.2, 0) is 14.3 Å². The molecule has 0 rings (SSSR count). The summed E-state index contributed by atoms with van der Waals surface area (Å²) in [7, 11) is 2.03. The molecule has 261 valence electrons. The predicted octanol–water partition coefficient (Wildman–Crippen LogP) is 11.3. The Morgan fingerprint density at radius 3 is 1.34 bits per heavy atom. The van der Waals surface area contributed by atoms with Crippen LogP contribution in [0.1, 0.15) is 206 Å². The van der Waals surface area contributed by atoms with E-state index in [-0.39, 0.29) is 11.9 Å². The van der Waals surface area contributed by atoms with Gasteiger partial charge in [0, 0.05) is 17.8 Å². The van der Waals surface area contributed by atoms with Crippen LogP contribution in [0, 0.1) is 0 Å². The third-order valence-corrected chi connectivity index (χ3v) is 9.02. The highest BCUT2D eigenvalue weighted by atomic mass is 16.5. The first-order chi connectivity index (χ1) is 21.6. The van der Waals surface area contributed by atoms with E-state index >= 15 is 0 Å². The van der Waals surface area contributed by atoms with E-state index in [1.807, 2.05) is 7.05 Å². The van der Waals surface area contributed by atoms with E-state index < -0.39 is 0 Å². The number of likely N-dealkylation sites (N-methyl/N-ethyl adjacent to an activating group) is 1. The fraction of sp³-hybridized carbons (Fsp3) is 0.949. The van der Waals surface area contributed by atoms with Crippen molar-refractivity contribution in [2.45, 2.75) is 206 Å². The Balaban J connectivity index is 3.36. The zero-order chi connectivity index (χ0) is 32.2. The second-order valence-electron chi connectivity index (χ2n) is 13.6. The van der Waals surface area contributed by atoms with Crippen molar-refractivity contribution in [3.8, 4) is 0 Å². The Bertz CT molecular complexity index is 598. The fourth-order valence-corrected chi connectivity index (χ4v) is 5.93. The summed E-state index contributed by atoms with van der Waals surface area (Å²) in [6, 6.07) is 0. The number of amides is 1. The molecule has 1 N–H and O–H groups in total. The summed E-state index contributed by atoms with van der Waals surface area (Å²) in [5.74, 6) is 0.0977. The van der Waals surface area contributed by atoms with Crippen molar-refractivity contribution in [2.24, 2.45) is 0 Å². The molecule has 0 heterocycles. The van der Waals surface area contributed by atoms with Gasteiger partial charge in [-0.3, -0.25) is 4.79 Å². The molecule has 0 saturated carbocycles. The molecule has 0 aliphatic heterocycles. The lowest BCUT2D eigenvalue weighted by Gasteiger charge is -2.14. The maximum absolute atomic E-state index is 12.1. The Kier molecular flexibility index (Phi) is 35.5. The van der Waals surface area contributed by atoms with E-state index in [0.29, 0.717) is 19.4 Å². The van der Waals surface area contributed by atoms with E-state index in [1.54, 1.807) is 0 Å². The molecule has 0 aromatic rings. The molecule has 0 atom stereocenters. The van der Waals surface area contributed by atoms with Gasteiger partial charge in [-0.2, -0.15) is 0 Å². The topological polar surface area (TPSA) is 61.5 Å². The van der Waals surface area contributed by atoms with Gasteiger partial charge < -0.3 is 15.0 Å². The van der Waals surface area contributed by atoms with Crippen LogP contribution in [0.15, 0.2) is 0 Å². The maximum atomic E-state index is 12.1. The van der Waals surface area contributed by atoms with Crippen molar-refractivity contribution < 1.29 is 14.3 Å². The zero-order valence-electron chi connectivity index (χ0n) is 30.2. The van der Waals surface area contributed by atoms with Crippen molar-refractivity contribution in [1.29, 1.82) is 0 Å². The van der Waals surface area contributed by atoms with Gasteiger partial charge >= 0.3 is 5.97 Å². The average molecular weight is 623 g/mol. The second-order valence-corrected chi connectivity index (χ2v) is 13.6. The molecular formula is C39H78N2O3+. The maximum Gasteiger partial charge on any atom is 0.574 e. The molecule has 1 amide bonds. The van der Waals surface area contributed by atoms with Crippen LogP contribution in [0.3, 0.4) is 0 Å². The van der Waals surface area contributed by atoms with Gasteiger partial charge in [-0.25, -0.2) is 0 Å². The number of carbonyl (C=O) groups excluding carboxylic acids is 2. The van der Waals surface area contributed by atoms with E-state index in [4.69, 9.17) is 4.74 Å². The summed E-state index contributed by atoms with van der Waals surface area (Å²) < 4.78 is 5.42. The molecule has 0 saturated heterocycles. The number of carbonyl (C=O) groups is 2. The molecule has 0 spiro atoms. The van der Waals surface area contributed by atoms with Crippen molar-refractivity contribution in [1.82, 2.24) is 10.2 Å². The second kappa shape index (κ2) is 36.4. The summed E-state index contributed by atoms with van der Waals surface area (Å²) in [5, 5.41) is 3.08. The highest BCUT2D eigenvalue weighted by molar-refractivity contribution is 5.75. The molecule has 0 fully saturated rings. The third-order valence-electron chi connectivity index (χ3n) is 9.02. The summed E-state index contributed by atoms with van der Waals surface area (Å²) in [6.07, 6.45) is 38.0. The lowest BCUT2D eigenvalue weighted by Crippen LogP contribution is -2.28. The Morgan fingerprint density at radius 1 is 0.523 bits per heavy atom. The van der Waals surface area contributed by atoms with Crippen LogP contribution in [0.2, 0.25) is 0 Å². The van der Waals surface area contributed by atoms with Gasteiger partial charge in [0.05, 0.1) is 6.54 Å². The third kappa shape index (κ3) is 35.4. The van der Waals surface area contributed by atoms with Crippen molar-refractivity contribution in [3.63, 3.8) is 0 Å². The van der Waals surface area contributed by atoms with Crippen molar-refractivity contribution >= 4 is 11.9 Å². The highest BCUT2D eigenvalue weighted by Crippen LogP contribution is 2.14. The number of ether oxygens (including phenoxy) is 1. The fourth-order valence-electron chi connectivity index (χ4n) is 5.93. The monoisotopic (exact) mass is 623 g/mol. The standard InChI is InChI=1S/C39H78N2O3/c1-4-6-8-10-12-14-16-17-18-19-20-22-24-26-28-30-34-40-38(42)32-31-35-41(3)36-37-44-39(43)33-29-27-25-23-21-15-13-11-9-7-5-2/h4-37H2,1-3H3,(H,40,42)/q+1. The smallest absolute Gasteiger partial charge is 0.356 e. The summed E-state index contributed by atoms with van der Waals surface area (Å²) >= 11 is 0. The van der Waals surface area contributed by atoms with Gasteiger partial charge in [-0.05, 0) is 32.9 Å². The molecule has 0 aromatic carbocycles. The normalized spacial score (nSPS) is 11.4. The molecule has 0 aliphatic rings.